The fourth-order valence-corrected chi connectivity index (χ4v) is 2.76. The van der Waals surface area contributed by atoms with Gasteiger partial charge in [0.15, 0.2) is 0 Å². The average molecular weight is 240 g/mol. The molecule has 0 saturated heterocycles. The number of carbonyl (C=O) groups is 1. The van der Waals surface area contributed by atoms with Gasteiger partial charge in [0.1, 0.15) is 0 Å². The molecular formula is C14H28N2O. The summed E-state index contributed by atoms with van der Waals surface area (Å²) in [5.74, 6) is 2.00. The van der Waals surface area contributed by atoms with Crippen LogP contribution in [0.25, 0.3) is 0 Å². The van der Waals surface area contributed by atoms with Crippen LogP contribution in [0.3, 0.4) is 0 Å². The molecule has 100 valence electrons. The minimum atomic E-state index is 0.164. The van der Waals surface area contributed by atoms with Crippen LogP contribution in [-0.4, -0.2) is 49.4 Å². The van der Waals surface area contributed by atoms with Crippen molar-refractivity contribution in [3.05, 3.63) is 0 Å². The van der Waals surface area contributed by atoms with Crippen molar-refractivity contribution in [2.75, 3.05) is 33.7 Å². The van der Waals surface area contributed by atoms with E-state index < -0.39 is 0 Å². The van der Waals surface area contributed by atoms with E-state index in [9.17, 15) is 4.79 Å². The van der Waals surface area contributed by atoms with E-state index in [0.717, 1.165) is 31.3 Å². The van der Waals surface area contributed by atoms with Crippen LogP contribution in [0.5, 0.6) is 0 Å². The highest BCUT2D eigenvalue weighted by atomic mass is 16.2. The summed E-state index contributed by atoms with van der Waals surface area (Å²) < 4.78 is 0. The molecular weight excluding hydrogens is 212 g/mol. The van der Waals surface area contributed by atoms with E-state index in [1.807, 2.05) is 7.05 Å². The molecule has 0 heterocycles. The maximum atomic E-state index is 11.0. The third kappa shape index (κ3) is 5.53. The maximum Gasteiger partial charge on any atom is 0.219 e. The Morgan fingerprint density at radius 2 is 1.94 bits per heavy atom. The summed E-state index contributed by atoms with van der Waals surface area (Å²) in [4.78, 5) is 15.3. The van der Waals surface area contributed by atoms with E-state index in [0.29, 0.717) is 0 Å². The Balaban J connectivity index is 2.09. The lowest BCUT2D eigenvalue weighted by molar-refractivity contribution is -0.127. The first-order chi connectivity index (χ1) is 7.99. The number of hydrogen-bond donors (Lipinski definition) is 0. The number of nitrogens with zero attached hydrogens (tertiary/aromatic N) is 2. The standard InChI is InChI=1S/C14H28N2O/c1-12-6-7-14(10-12)11-15(3)8-5-9-16(4)13(2)17/h12,14H,5-11H2,1-4H3. The lowest BCUT2D eigenvalue weighted by atomic mass is 10.1. The molecule has 1 rings (SSSR count). The quantitative estimate of drug-likeness (QED) is 0.711. The van der Waals surface area contributed by atoms with E-state index in [1.54, 1.807) is 11.8 Å². The Morgan fingerprint density at radius 1 is 1.24 bits per heavy atom. The molecule has 0 aromatic carbocycles. The SMILES string of the molecule is CC(=O)N(C)CCCN(C)CC1CCC(C)C1. The topological polar surface area (TPSA) is 23.6 Å². The van der Waals surface area contributed by atoms with Gasteiger partial charge in [-0.05, 0) is 44.7 Å². The first kappa shape index (κ1) is 14.5. The lowest BCUT2D eigenvalue weighted by Gasteiger charge is -2.22. The molecule has 3 heteroatoms. The van der Waals surface area contributed by atoms with Gasteiger partial charge in [0.2, 0.25) is 5.91 Å². The lowest BCUT2D eigenvalue weighted by Crippen LogP contribution is -2.30. The second-order valence-corrected chi connectivity index (χ2v) is 5.84. The molecule has 1 amide bonds. The van der Waals surface area contributed by atoms with E-state index in [4.69, 9.17) is 0 Å². The minimum Gasteiger partial charge on any atom is -0.346 e. The van der Waals surface area contributed by atoms with Gasteiger partial charge in [0, 0.05) is 27.1 Å². The molecule has 1 saturated carbocycles. The third-order valence-corrected chi connectivity index (χ3v) is 3.94. The molecule has 0 aromatic heterocycles. The molecule has 0 radical (unpaired) electrons. The summed E-state index contributed by atoms with van der Waals surface area (Å²) in [6, 6.07) is 0. The summed E-state index contributed by atoms with van der Waals surface area (Å²) in [7, 11) is 4.08. The summed E-state index contributed by atoms with van der Waals surface area (Å²) in [6.07, 6.45) is 5.29. The van der Waals surface area contributed by atoms with Crippen LogP contribution < -0.4 is 0 Å². The number of carbonyl (C=O) groups excluding carboxylic acids is 1. The van der Waals surface area contributed by atoms with Crippen molar-refractivity contribution in [3.8, 4) is 0 Å². The Hall–Kier alpha value is -0.570. The zero-order valence-corrected chi connectivity index (χ0v) is 11.9. The van der Waals surface area contributed by atoms with E-state index >= 15 is 0 Å². The maximum absolute atomic E-state index is 11.0. The van der Waals surface area contributed by atoms with Crippen LogP contribution in [0, 0.1) is 11.8 Å². The summed E-state index contributed by atoms with van der Waals surface area (Å²) in [5.41, 5.74) is 0. The number of hydrogen-bond acceptors (Lipinski definition) is 2. The van der Waals surface area contributed by atoms with Gasteiger partial charge in [0.05, 0.1) is 0 Å². The van der Waals surface area contributed by atoms with Crippen LogP contribution in [0.1, 0.15) is 39.5 Å². The van der Waals surface area contributed by atoms with Crippen molar-refractivity contribution < 1.29 is 4.79 Å². The number of rotatable bonds is 6. The Kier molecular flexibility index (Phi) is 5.96. The molecule has 1 fully saturated rings. The largest absolute Gasteiger partial charge is 0.346 e. The van der Waals surface area contributed by atoms with Crippen molar-refractivity contribution in [1.29, 1.82) is 0 Å². The summed E-state index contributed by atoms with van der Waals surface area (Å²) >= 11 is 0. The van der Waals surface area contributed by atoms with Gasteiger partial charge in [-0.2, -0.15) is 0 Å². The van der Waals surface area contributed by atoms with Gasteiger partial charge >= 0.3 is 0 Å². The Bertz CT molecular complexity index is 242. The molecule has 2 unspecified atom stereocenters. The van der Waals surface area contributed by atoms with Gasteiger partial charge in [-0.25, -0.2) is 0 Å². The third-order valence-electron chi connectivity index (χ3n) is 3.94. The molecule has 1 aliphatic carbocycles. The normalized spacial score (nSPS) is 24.3. The summed E-state index contributed by atoms with van der Waals surface area (Å²) in [5, 5.41) is 0. The molecule has 0 bridgehead atoms. The molecule has 0 aromatic rings. The van der Waals surface area contributed by atoms with Crippen molar-refractivity contribution in [3.63, 3.8) is 0 Å². The molecule has 3 nitrogen and oxygen atoms in total. The molecule has 2 atom stereocenters. The van der Waals surface area contributed by atoms with Crippen molar-refractivity contribution in [1.82, 2.24) is 9.80 Å². The first-order valence-electron chi connectivity index (χ1n) is 6.89. The predicted octanol–water partition coefficient (Wildman–Crippen LogP) is 2.22. The monoisotopic (exact) mass is 240 g/mol. The highest BCUT2D eigenvalue weighted by molar-refractivity contribution is 5.72. The number of amides is 1. The fourth-order valence-electron chi connectivity index (χ4n) is 2.76. The molecule has 17 heavy (non-hydrogen) atoms. The van der Waals surface area contributed by atoms with Crippen LogP contribution in [-0.2, 0) is 4.79 Å². The minimum absolute atomic E-state index is 0.164. The Morgan fingerprint density at radius 3 is 2.47 bits per heavy atom. The average Bonchev–Trinajstić information content (AvgIpc) is 2.63. The second-order valence-electron chi connectivity index (χ2n) is 5.84. The van der Waals surface area contributed by atoms with E-state index in [2.05, 4.69) is 18.9 Å². The smallest absolute Gasteiger partial charge is 0.219 e. The second kappa shape index (κ2) is 7.00. The van der Waals surface area contributed by atoms with Crippen LogP contribution in [0.4, 0.5) is 0 Å². The van der Waals surface area contributed by atoms with E-state index in [1.165, 1.54) is 25.8 Å². The molecule has 0 N–H and O–H groups in total. The van der Waals surface area contributed by atoms with Crippen molar-refractivity contribution in [2.45, 2.75) is 39.5 Å². The van der Waals surface area contributed by atoms with Crippen LogP contribution >= 0.6 is 0 Å². The van der Waals surface area contributed by atoms with Gasteiger partial charge in [-0.3, -0.25) is 4.79 Å². The molecule has 1 aliphatic rings. The summed E-state index contributed by atoms with van der Waals surface area (Å²) in [6.45, 7) is 7.20. The van der Waals surface area contributed by atoms with Gasteiger partial charge in [-0.15, -0.1) is 0 Å². The molecule has 0 aliphatic heterocycles. The fraction of sp³-hybridized carbons (Fsp3) is 0.929. The Labute approximate surface area is 106 Å². The zero-order valence-electron chi connectivity index (χ0n) is 11.9. The van der Waals surface area contributed by atoms with Gasteiger partial charge < -0.3 is 9.80 Å². The molecule has 0 spiro atoms. The van der Waals surface area contributed by atoms with Gasteiger partial charge in [-0.1, -0.05) is 13.3 Å². The highest BCUT2D eigenvalue weighted by Crippen LogP contribution is 2.30. The zero-order chi connectivity index (χ0) is 12.8. The van der Waals surface area contributed by atoms with Gasteiger partial charge in [0.25, 0.3) is 0 Å². The van der Waals surface area contributed by atoms with E-state index in [-0.39, 0.29) is 5.91 Å². The predicted molar refractivity (Wildman–Crippen MR) is 71.9 cm³/mol. The first-order valence-corrected chi connectivity index (χ1v) is 6.89. The van der Waals surface area contributed by atoms with Crippen LogP contribution in [0.15, 0.2) is 0 Å². The van der Waals surface area contributed by atoms with Crippen molar-refractivity contribution in [2.24, 2.45) is 11.8 Å². The highest BCUT2D eigenvalue weighted by Gasteiger charge is 2.22. The van der Waals surface area contributed by atoms with Crippen molar-refractivity contribution >= 4 is 5.91 Å². The van der Waals surface area contributed by atoms with Crippen LogP contribution in [0.2, 0.25) is 0 Å².